The topological polar surface area (TPSA) is 52.0 Å². The molecule has 0 saturated carbocycles. The predicted octanol–water partition coefficient (Wildman–Crippen LogP) is 9.13. The molecule has 0 bridgehead atoms. The van der Waals surface area contributed by atoms with Gasteiger partial charge in [0.25, 0.3) is 0 Å². The van der Waals surface area contributed by atoms with Crippen molar-refractivity contribution in [2.75, 3.05) is 0 Å². The molecule has 0 fully saturated rings. The summed E-state index contributed by atoms with van der Waals surface area (Å²) in [4.78, 5) is 0. The maximum absolute atomic E-state index is 5.43. The summed E-state index contributed by atoms with van der Waals surface area (Å²) in [7, 11) is 0. The summed E-state index contributed by atoms with van der Waals surface area (Å²) in [6.45, 7) is 2.30. The van der Waals surface area contributed by atoms with Crippen LogP contribution in [0.2, 0.25) is 0 Å². The second-order valence-corrected chi connectivity index (χ2v) is 9.27. The standard InChI is InChI=1S/C27H56N2/c1-2-3-4-5-6-7-8-9-10-11-12-13-14-15-16-17-18-19-20-21-22-23-24-25-26-27(28)29/h26H,2-25,28-29H2,1H3. The second-order valence-electron chi connectivity index (χ2n) is 9.27. The lowest BCUT2D eigenvalue weighted by Crippen LogP contribution is -2.07. The number of hydrogen-bond acceptors (Lipinski definition) is 2. The zero-order valence-electron chi connectivity index (χ0n) is 20.2. The molecule has 0 radical (unpaired) electrons. The van der Waals surface area contributed by atoms with Gasteiger partial charge < -0.3 is 11.5 Å². The molecule has 0 aliphatic rings. The van der Waals surface area contributed by atoms with E-state index in [1.807, 2.05) is 6.08 Å². The van der Waals surface area contributed by atoms with Gasteiger partial charge in [0, 0.05) is 0 Å². The summed E-state index contributed by atoms with van der Waals surface area (Å²) in [5, 5.41) is 0. The van der Waals surface area contributed by atoms with Gasteiger partial charge in [0.15, 0.2) is 0 Å². The van der Waals surface area contributed by atoms with E-state index >= 15 is 0 Å². The van der Waals surface area contributed by atoms with E-state index in [0.29, 0.717) is 5.82 Å². The molecule has 0 amide bonds. The van der Waals surface area contributed by atoms with Crippen molar-refractivity contribution in [3.8, 4) is 0 Å². The van der Waals surface area contributed by atoms with Gasteiger partial charge in [-0.1, -0.05) is 148 Å². The Morgan fingerprint density at radius 2 is 0.655 bits per heavy atom. The van der Waals surface area contributed by atoms with E-state index in [4.69, 9.17) is 11.5 Å². The molecule has 4 N–H and O–H groups in total. The lowest BCUT2D eigenvalue weighted by molar-refractivity contribution is 0.518. The predicted molar refractivity (Wildman–Crippen MR) is 133 cm³/mol. The van der Waals surface area contributed by atoms with Gasteiger partial charge in [-0.05, 0) is 18.9 Å². The fourth-order valence-corrected chi connectivity index (χ4v) is 4.20. The molecule has 29 heavy (non-hydrogen) atoms. The van der Waals surface area contributed by atoms with Crippen LogP contribution >= 0.6 is 0 Å². The van der Waals surface area contributed by atoms with E-state index in [0.717, 1.165) is 6.42 Å². The first-order valence-corrected chi connectivity index (χ1v) is 13.5. The molecule has 0 saturated heterocycles. The van der Waals surface area contributed by atoms with Crippen molar-refractivity contribution in [1.82, 2.24) is 0 Å². The van der Waals surface area contributed by atoms with Gasteiger partial charge in [-0.2, -0.15) is 0 Å². The lowest BCUT2D eigenvalue weighted by atomic mass is 10.0. The molecule has 0 aliphatic carbocycles. The zero-order chi connectivity index (χ0) is 21.3. The molecule has 0 rings (SSSR count). The zero-order valence-corrected chi connectivity index (χ0v) is 20.2. The third-order valence-electron chi connectivity index (χ3n) is 6.19. The van der Waals surface area contributed by atoms with Gasteiger partial charge in [-0.15, -0.1) is 0 Å². The Kier molecular flexibility index (Phi) is 24.8. The molecular formula is C27H56N2. The van der Waals surface area contributed by atoms with Crippen molar-refractivity contribution in [2.24, 2.45) is 11.5 Å². The first-order valence-electron chi connectivity index (χ1n) is 13.5. The molecule has 174 valence electrons. The van der Waals surface area contributed by atoms with Crippen LogP contribution in [0, 0.1) is 0 Å². The van der Waals surface area contributed by atoms with Crippen molar-refractivity contribution in [1.29, 1.82) is 0 Å². The molecule has 0 heterocycles. The van der Waals surface area contributed by atoms with Crippen LogP contribution in [0.3, 0.4) is 0 Å². The molecule has 0 aromatic rings. The maximum Gasteiger partial charge on any atom is 0.0892 e. The van der Waals surface area contributed by atoms with Crippen molar-refractivity contribution in [3.05, 3.63) is 11.9 Å². The van der Waals surface area contributed by atoms with Crippen LogP contribution in [-0.2, 0) is 0 Å². The monoisotopic (exact) mass is 408 g/mol. The van der Waals surface area contributed by atoms with E-state index in [1.54, 1.807) is 0 Å². The van der Waals surface area contributed by atoms with E-state index in [9.17, 15) is 0 Å². The molecule has 0 spiro atoms. The number of allylic oxidation sites excluding steroid dienone is 1. The number of nitrogens with two attached hydrogens (primary N) is 2. The highest BCUT2D eigenvalue weighted by molar-refractivity contribution is 4.89. The highest BCUT2D eigenvalue weighted by Gasteiger charge is 1.96. The molecule has 0 aliphatic heterocycles. The minimum atomic E-state index is 0.476. The van der Waals surface area contributed by atoms with Gasteiger partial charge in [-0.3, -0.25) is 0 Å². The van der Waals surface area contributed by atoms with Crippen LogP contribution in [0.5, 0.6) is 0 Å². The van der Waals surface area contributed by atoms with Crippen LogP contribution in [0.1, 0.15) is 161 Å². The minimum Gasteiger partial charge on any atom is -0.386 e. The fourth-order valence-electron chi connectivity index (χ4n) is 4.20. The van der Waals surface area contributed by atoms with Crippen LogP contribution in [-0.4, -0.2) is 0 Å². The largest absolute Gasteiger partial charge is 0.386 e. The summed E-state index contributed by atoms with van der Waals surface area (Å²) in [6.07, 6.45) is 36.0. The average molecular weight is 409 g/mol. The third kappa shape index (κ3) is 27.3. The highest BCUT2D eigenvalue weighted by atomic mass is 14.8. The van der Waals surface area contributed by atoms with Crippen molar-refractivity contribution < 1.29 is 0 Å². The minimum absolute atomic E-state index is 0.476. The Hall–Kier alpha value is -0.660. The SMILES string of the molecule is CCCCCCCCCCCCCCCCCCCCCCCCCC=C(N)N. The van der Waals surface area contributed by atoms with Gasteiger partial charge in [-0.25, -0.2) is 0 Å². The van der Waals surface area contributed by atoms with Gasteiger partial charge in [0.05, 0.1) is 5.82 Å². The van der Waals surface area contributed by atoms with E-state index in [1.165, 1.54) is 148 Å². The second kappa shape index (κ2) is 25.4. The van der Waals surface area contributed by atoms with Crippen molar-refractivity contribution in [2.45, 2.75) is 161 Å². The first-order chi connectivity index (χ1) is 14.3. The third-order valence-corrected chi connectivity index (χ3v) is 6.19. The van der Waals surface area contributed by atoms with Crippen LogP contribution < -0.4 is 11.5 Å². The fraction of sp³-hybridized carbons (Fsp3) is 0.926. The Balaban J connectivity index is 3.01. The summed E-state index contributed by atoms with van der Waals surface area (Å²) in [5.41, 5.74) is 10.9. The smallest absolute Gasteiger partial charge is 0.0892 e. The molecule has 0 aromatic carbocycles. The van der Waals surface area contributed by atoms with Gasteiger partial charge in [0.2, 0.25) is 0 Å². The van der Waals surface area contributed by atoms with Crippen molar-refractivity contribution >= 4 is 0 Å². The number of rotatable bonds is 24. The van der Waals surface area contributed by atoms with Gasteiger partial charge >= 0.3 is 0 Å². The maximum atomic E-state index is 5.43. The Labute approximate surface area is 184 Å². The molecule has 0 aromatic heterocycles. The van der Waals surface area contributed by atoms with Crippen LogP contribution in [0.15, 0.2) is 11.9 Å². The summed E-state index contributed by atoms with van der Waals surface area (Å²) >= 11 is 0. The van der Waals surface area contributed by atoms with E-state index in [2.05, 4.69) is 6.92 Å². The summed E-state index contributed by atoms with van der Waals surface area (Å²) < 4.78 is 0. The summed E-state index contributed by atoms with van der Waals surface area (Å²) in [5.74, 6) is 0.476. The van der Waals surface area contributed by atoms with E-state index < -0.39 is 0 Å². The average Bonchev–Trinajstić information content (AvgIpc) is 2.71. The van der Waals surface area contributed by atoms with Crippen molar-refractivity contribution in [3.63, 3.8) is 0 Å². The normalized spacial score (nSPS) is 11.1. The molecule has 2 nitrogen and oxygen atoms in total. The molecule has 0 atom stereocenters. The quantitative estimate of drug-likeness (QED) is 0.156. The summed E-state index contributed by atoms with van der Waals surface area (Å²) in [6, 6.07) is 0. The van der Waals surface area contributed by atoms with E-state index in [-0.39, 0.29) is 0 Å². The molecular weight excluding hydrogens is 352 g/mol. The van der Waals surface area contributed by atoms with Gasteiger partial charge in [0.1, 0.15) is 0 Å². The Bertz CT molecular complexity index is 320. The Morgan fingerprint density at radius 3 is 0.897 bits per heavy atom. The molecule has 0 unspecified atom stereocenters. The molecule has 2 heteroatoms. The number of unbranched alkanes of at least 4 members (excludes halogenated alkanes) is 23. The van der Waals surface area contributed by atoms with Crippen LogP contribution in [0.25, 0.3) is 0 Å². The highest BCUT2D eigenvalue weighted by Crippen LogP contribution is 2.15. The lowest BCUT2D eigenvalue weighted by Gasteiger charge is -2.04. The Morgan fingerprint density at radius 1 is 0.414 bits per heavy atom. The first kappa shape index (κ1) is 28.3. The number of hydrogen-bond donors (Lipinski definition) is 2. The van der Waals surface area contributed by atoms with Crippen LogP contribution in [0.4, 0.5) is 0 Å².